The summed E-state index contributed by atoms with van der Waals surface area (Å²) < 4.78 is 1.83. The van der Waals surface area contributed by atoms with Gasteiger partial charge in [-0.1, -0.05) is 26.3 Å². The Labute approximate surface area is 97.9 Å². The molecule has 0 aromatic carbocycles. The van der Waals surface area contributed by atoms with Crippen LogP contribution in [-0.2, 0) is 0 Å². The van der Waals surface area contributed by atoms with E-state index in [4.69, 9.17) is 0 Å². The minimum atomic E-state index is 0.516. The Morgan fingerprint density at radius 2 is 2.25 bits per heavy atom. The van der Waals surface area contributed by atoms with Crippen LogP contribution in [0.5, 0.6) is 0 Å². The van der Waals surface area contributed by atoms with E-state index >= 15 is 0 Å². The molecule has 0 aliphatic heterocycles. The maximum atomic E-state index is 4.41. The highest BCUT2D eigenvalue weighted by atomic mass is 15.3. The topological polar surface area (TPSA) is 30.2 Å². The van der Waals surface area contributed by atoms with Crippen molar-refractivity contribution < 1.29 is 0 Å². The van der Waals surface area contributed by atoms with E-state index in [-0.39, 0.29) is 0 Å². The molecule has 0 fully saturated rings. The molecule has 0 amide bonds. The van der Waals surface area contributed by atoms with E-state index in [1.54, 1.807) is 0 Å². The fraction of sp³-hybridized carbons (Fsp3) is 0.538. The Bertz CT molecular complexity index is 375. The number of nitrogens with zero attached hydrogens (tertiary/aromatic N) is 3. The lowest BCUT2D eigenvalue weighted by atomic mass is 9.99. The third-order valence-corrected chi connectivity index (χ3v) is 2.59. The predicted molar refractivity (Wildman–Crippen MR) is 70.4 cm³/mol. The number of rotatable bonds is 5. The van der Waals surface area contributed by atoms with E-state index in [2.05, 4.69) is 23.9 Å². The smallest absolute Gasteiger partial charge is 0.157 e. The van der Waals surface area contributed by atoms with E-state index in [0.29, 0.717) is 5.92 Å². The molecule has 16 heavy (non-hydrogen) atoms. The summed E-state index contributed by atoms with van der Waals surface area (Å²) in [7, 11) is 0. The van der Waals surface area contributed by atoms with Crippen molar-refractivity contribution in [2.75, 3.05) is 0 Å². The molecular formula is C13H21N3. The number of hydrogen-bond acceptors (Lipinski definition) is 2. The fourth-order valence-electron chi connectivity index (χ4n) is 1.81. The van der Waals surface area contributed by atoms with Crippen LogP contribution in [0.4, 0.5) is 5.82 Å². The summed E-state index contributed by atoms with van der Waals surface area (Å²) in [5.74, 6) is 1.48. The standard InChI is InChI=1S/C13H21N3/c1-5-8-11(4)12-10-15-16(9-6-2)13(12)14-7-3/h6-7,9-11H,5,8H2,1-4H3/b9-6-,14-7?. The van der Waals surface area contributed by atoms with Gasteiger partial charge in [0.25, 0.3) is 0 Å². The van der Waals surface area contributed by atoms with Gasteiger partial charge in [-0.05, 0) is 26.2 Å². The summed E-state index contributed by atoms with van der Waals surface area (Å²) in [6.45, 7) is 8.35. The second-order valence-electron chi connectivity index (χ2n) is 3.93. The zero-order valence-electron chi connectivity index (χ0n) is 10.6. The summed E-state index contributed by atoms with van der Waals surface area (Å²) in [5.41, 5.74) is 1.23. The van der Waals surface area contributed by atoms with Gasteiger partial charge in [0.05, 0.1) is 6.20 Å². The van der Waals surface area contributed by atoms with E-state index in [1.165, 1.54) is 18.4 Å². The van der Waals surface area contributed by atoms with Gasteiger partial charge in [-0.25, -0.2) is 9.67 Å². The summed E-state index contributed by atoms with van der Waals surface area (Å²) in [5, 5.41) is 4.34. The van der Waals surface area contributed by atoms with Crippen LogP contribution in [0.3, 0.4) is 0 Å². The molecule has 0 aliphatic rings. The normalized spacial score (nSPS) is 14.0. The lowest BCUT2D eigenvalue weighted by Crippen LogP contribution is -1.93. The molecule has 0 bridgehead atoms. The highest BCUT2D eigenvalue weighted by Gasteiger charge is 2.13. The number of hydrogen-bond donors (Lipinski definition) is 0. The molecular weight excluding hydrogens is 198 g/mol. The van der Waals surface area contributed by atoms with Crippen molar-refractivity contribution in [3.63, 3.8) is 0 Å². The van der Waals surface area contributed by atoms with Crippen LogP contribution in [-0.4, -0.2) is 16.0 Å². The van der Waals surface area contributed by atoms with Crippen molar-refractivity contribution in [3.8, 4) is 0 Å². The number of allylic oxidation sites excluding steroid dienone is 1. The highest BCUT2D eigenvalue weighted by Crippen LogP contribution is 2.29. The molecule has 0 saturated heterocycles. The summed E-state index contributed by atoms with van der Waals surface area (Å²) in [6.07, 6.45) is 10.0. The molecule has 1 unspecified atom stereocenters. The molecule has 88 valence electrons. The van der Waals surface area contributed by atoms with Crippen molar-refractivity contribution in [2.45, 2.75) is 46.5 Å². The van der Waals surface area contributed by atoms with Crippen molar-refractivity contribution in [1.29, 1.82) is 0 Å². The quantitative estimate of drug-likeness (QED) is 0.688. The lowest BCUT2D eigenvalue weighted by Gasteiger charge is -2.08. The summed E-state index contributed by atoms with van der Waals surface area (Å²) in [6, 6.07) is 0. The number of aromatic nitrogens is 2. The average Bonchev–Trinajstić information content (AvgIpc) is 2.64. The van der Waals surface area contributed by atoms with Gasteiger partial charge in [-0.15, -0.1) is 0 Å². The van der Waals surface area contributed by atoms with Crippen LogP contribution in [0, 0.1) is 0 Å². The first-order valence-corrected chi connectivity index (χ1v) is 5.93. The molecule has 0 aliphatic carbocycles. The maximum absolute atomic E-state index is 4.41. The van der Waals surface area contributed by atoms with Gasteiger partial charge in [0.2, 0.25) is 0 Å². The molecule has 1 rings (SSSR count). The van der Waals surface area contributed by atoms with Gasteiger partial charge in [-0.2, -0.15) is 5.10 Å². The van der Waals surface area contributed by atoms with Gasteiger partial charge in [0.1, 0.15) is 0 Å². The molecule has 1 atom stereocenters. The Morgan fingerprint density at radius 1 is 1.50 bits per heavy atom. The fourth-order valence-corrected chi connectivity index (χ4v) is 1.81. The Kier molecular flexibility index (Phi) is 4.96. The van der Waals surface area contributed by atoms with Crippen molar-refractivity contribution in [1.82, 2.24) is 9.78 Å². The van der Waals surface area contributed by atoms with Gasteiger partial charge < -0.3 is 0 Å². The predicted octanol–water partition coefficient (Wildman–Crippen LogP) is 4.00. The van der Waals surface area contributed by atoms with E-state index < -0.39 is 0 Å². The minimum absolute atomic E-state index is 0.516. The molecule has 0 spiro atoms. The van der Waals surface area contributed by atoms with Crippen LogP contribution in [0.1, 0.15) is 52.0 Å². The molecule has 0 radical (unpaired) electrons. The van der Waals surface area contributed by atoms with Gasteiger partial charge in [-0.3, -0.25) is 0 Å². The summed E-state index contributed by atoms with van der Waals surface area (Å²) >= 11 is 0. The zero-order chi connectivity index (χ0) is 12.0. The molecule has 1 aromatic rings. The average molecular weight is 219 g/mol. The Balaban J connectivity index is 3.08. The molecule has 3 heteroatoms. The van der Waals surface area contributed by atoms with Gasteiger partial charge in [0, 0.05) is 18.0 Å². The third-order valence-electron chi connectivity index (χ3n) is 2.59. The first-order valence-electron chi connectivity index (χ1n) is 5.93. The van der Waals surface area contributed by atoms with Crippen molar-refractivity contribution in [3.05, 3.63) is 17.8 Å². The van der Waals surface area contributed by atoms with Crippen LogP contribution in [0.15, 0.2) is 17.3 Å². The van der Waals surface area contributed by atoms with Crippen molar-refractivity contribution >= 4 is 18.2 Å². The third kappa shape index (κ3) is 2.81. The summed E-state index contributed by atoms with van der Waals surface area (Å²) in [4.78, 5) is 4.41. The van der Waals surface area contributed by atoms with E-state index in [9.17, 15) is 0 Å². The maximum Gasteiger partial charge on any atom is 0.157 e. The molecule has 0 N–H and O–H groups in total. The van der Waals surface area contributed by atoms with Crippen molar-refractivity contribution in [2.24, 2.45) is 4.99 Å². The largest absolute Gasteiger partial charge is 0.242 e. The molecule has 0 saturated carbocycles. The Hall–Kier alpha value is -1.38. The van der Waals surface area contributed by atoms with E-state index in [0.717, 1.165) is 5.82 Å². The van der Waals surface area contributed by atoms with Gasteiger partial charge >= 0.3 is 0 Å². The number of aliphatic imine (C=N–C) groups is 1. The molecule has 1 heterocycles. The lowest BCUT2D eigenvalue weighted by molar-refractivity contribution is 0.666. The Morgan fingerprint density at radius 3 is 2.81 bits per heavy atom. The van der Waals surface area contributed by atoms with E-state index in [1.807, 2.05) is 43.2 Å². The first-order chi connectivity index (χ1) is 7.74. The minimum Gasteiger partial charge on any atom is -0.242 e. The molecule has 3 nitrogen and oxygen atoms in total. The second kappa shape index (κ2) is 6.26. The monoisotopic (exact) mass is 219 g/mol. The molecule has 1 aromatic heterocycles. The SMILES string of the molecule is CC=Nc1c(C(C)CCC)cnn1/C=C\C. The zero-order valence-corrected chi connectivity index (χ0v) is 10.6. The van der Waals surface area contributed by atoms with Crippen LogP contribution in [0.2, 0.25) is 0 Å². The highest BCUT2D eigenvalue weighted by molar-refractivity contribution is 5.61. The van der Waals surface area contributed by atoms with Crippen LogP contribution < -0.4 is 0 Å². The first kappa shape index (κ1) is 12.7. The van der Waals surface area contributed by atoms with Crippen LogP contribution >= 0.6 is 0 Å². The van der Waals surface area contributed by atoms with Crippen LogP contribution in [0.25, 0.3) is 6.20 Å². The van der Waals surface area contributed by atoms with Gasteiger partial charge in [0.15, 0.2) is 5.82 Å². The second-order valence-corrected chi connectivity index (χ2v) is 3.93.